The molecular weight excluding hydrogens is 259 g/mol. The summed E-state index contributed by atoms with van der Waals surface area (Å²) in [6.07, 6.45) is 11.2. The summed E-state index contributed by atoms with van der Waals surface area (Å²) in [5, 5.41) is 4.47. The van der Waals surface area contributed by atoms with Gasteiger partial charge < -0.3 is 5.32 Å². The van der Waals surface area contributed by atoms with Crippen LogP contribution in [0.3, 0.4) is 0 Å². The van der Waals surface area contributed by atoms with Crippen molar-refractivity contribution in [1.29, 1.82) is 0 Å². The first-order valence-corrected chi connectivity index (χ1v) is 6.44. The fourth-order valence-electron chi connectivity index (χ4n) is 1.60. The molecule has 0 aromatic carbocycles. The van der Waals surface area contributed by atoms with Gasteiger partial charge in [0.25, 0.3) is 0 Å². The molecule has 0 heterocycles. The SMILES string of the molecule is CCCCCCCCCC[N-]C(C)C.[Y]. The first-order valence-electron chi connectivity index (χ1n) is 6.44. The van der Waals surface area contributed by atoms with Crippen LogP contribution in [0.5, 0.6) is 0 Å². The van der Waals surface area contributed by atoms with E-state index in [9.17, 15) is 0 Å². The van der Waals surface area contributed by atoms with Crippen LogP contribution in [0.15, 0.2) is 0 Å². The number of hydrogen-bond donors (Lipinski definition) is 0. The van der Waals surface area contributed by atoms with Gasteiger partial charge in [0.2, 0.25) is 0 Å². The van der Waals surface area contributed by atoms with Crippen molar-refractivity contribution in [2.45, 2.75) is 78.2 Å². The molecule has 1 nitrogen and oxygen atoms in total. The summed E-state index contributed by atoms with van der Waals surface area (Å²) in [5.41, 5.74) is 0. The molecule has 0 aromatic rings. The Morgan fingerprint density at radius 2 is 1.27 bits per heavy atom. The Balaban J connectivity index is 0. The van der Waals surface area contributed by atoms with E-state index < -0.39 is 0 Å². The normalized spacial score (nSPS) is 10.4. The molecule has 0 spiro atoms. The molecule has 15 heavy (non-hydrogen) atoms. The molecule has 0 rings (SSSR count). The second kappa shape index (κ2) is 15.1. The summed E-state index contributed by atoms with van der Waals surface area (Å²) in [7, 11) is 0. The summed E-state index contributed by atoms with van der Waals surface area (Å²) >= 11 is 0. The fraction of sp³-hybridized carbons (Fsp3) is 1.00. The molecule has 0 bridgehead atoms. The third-order valence-electron chi connectivity index (χ3n) is 2.51. The van der Waals surface area contributed by atoms with Crippen LogP contribution in [0.4, 0.5) is 0 Å². The molecule has 0 saturated carbocycles. The van der Waals surface area contributed by atoms with Gasteiger partial charge in [-0.2, -0.15) is 0 Å². The molecule has 0 atom stereocenters. The standard InChI is InChI=1S/C13H28N.Y/c1-4-5-6-7-8-9-10-11-12-14-13(2)3;/h13H,4-12H2,1-3H3;/q-1;. The van der Waals surface area contributed by atoms with Crippen molar-refractivity contribution < 1.29 is 32.7 Å². The molecule has 0 saturated heterocycles. The maximum Gasteiger partial charge on any atom is 0 e. The third kappa shape index (κ3) is 17.7. The maximum atomic E-state index is 4.47. The molecule has 0 aromatic heterocycles. The second-order valence-electron chi connectivity index (χ2n) is 4.47. The quantitative estimate of drug-likeness (QED) is 0.507. The van der Waals surface area contributed by atoms with Crippen LogP contribution in [0.1, 0.15) is 72.1 Å². The minimum atomic E-state index is 0. The number of unbranched alkanes of at least 4 members (excludes halogenated alkanes) is 7. The van der Waals surface area contributed by atoms with Crippen molar-refractivity contribution in [3.05, 3.63) is 5.32 Å². The summed E-state index contributed by atoms with van der Waals surface area (Å²) in [6.45, 7) is 7.66. The number of nitrogens with zero attached hydrogens (tertiary/aromatic N) is 1. The van der Waals surface area contributed by atoms with Gasteiger partial charge >= 0.3 is 0 Å². The van der Waals surface area contributed by atoms with Gasteiger partial charge in [-0.1, -0.05) is 72.1 Å². The van der Waals surface area contributed by atoms with Gasteiger partial charge in [0.1, 0.15) is 0 Å². The first-order chi connectivity index (χ1) is 6.77. The van der Waals surface area contributed by atoms with Gasteiger partial charge in [-0.3, -0.25) is 0 Å². The Labute approximate surface area is 122 Å². The van der Waals surface area contributed by atoms with Crippen molar-refractivity contribution in [3.8, 4) is 0 Å². The summed E-state index contributed by atoms with van der Waals surface area (Å²) in [5.74, 6) is 0. The van der Waals surface area contributed by atoms with Crippen molar-refractivity contribution in [2.24, 2.45) is 0 Å². The Hall–Kier alpha value is 1.06. The topological polar surface area (TPSA) is 14.1 Å². The van der Waals surface area contributed by atoms with E-state index in [4.69, 9.17) is 0 Å². The molecule has 2 heteroatoms. The van der Waals surface area contributed by atoms with Gasteiger partial charge in [0.15, 0.2) is 0 Å². The molecule has 89 valence electrons. The van der Waals surface area contributed by atoms with Crippen molar-refractivity contribution in [3.63, 3.8) is 0 Å². The Morgan fingerprint density at radius 3 is 1.73 bits per heavy atom. The third-order valence-corrected chi connectivity index (χ3v) is 2.51. The van der Waals surface area contributed by atoms with Gasteiger partial charge in [-0.15, -0.1) is 12.6 Å². The van der Waals surface area contributed by atoms with Gasteiger partial charge in [0, 0.05) is 32.7 Å². The van der Waals surface area contributed by atoms with Crippen molar-refractivity contribution in [1.82, 2.24) is 0 Å². The van der Waals surface area contributed by atoms with Crippen molar-refractivity contribution >= 4 is 0 Å². The Bertz CT molecular complexity index is 105. The predicted molar refractivity (Wildman–Crippen MR) is 66.0 cm³/mol. The largest absolute Gasteiger partial charge is 0.660 e. The molecule has 1 radical (unpaired) electrons. The van der Waals surface area contributed by atoms with E-state index in [2.05, 4.69) is 26.1 Å². The van der Waals surface area contributed by atoms with Crippen LogP contribution in [0.25, 0.3) is 5.32 Å². The molecule has 0 fully saturated rings. The van der Waals surface area contributed by atoms with E-state index in [-0.39, 0.29) is 32.7 Å². The summed E-state index contributed by atoms with van der Waals surface area (Å²) in [6, 6.07) is 0.527. The fourth-order valence-corrected chi connectivity index (χ4v) is 1.60. The molecule has 0 N–H and O–H groups in total. The van der Waals surface area contributed by atoms with E-state index in [1.54, 1.807) is 0 Å². The van der Waals surface area contributed by atoms with Crippen LogP contribution in [0, 0.1) is 0 Å². The van der Waals surface area contributed by atoms with E-state index in [1.807, 2.05) is 0 Å². The maximum absolute atomic E-state index is 4.47. The smallest absolute Gasteiger partial charge is 0 e. The van der Waals surface area contributed by atoms with E-state index in [1.165, 1.54) is 51.4 Å². The van der Waals surface area contributed by atoms with Gasteiger partial charge in [-0.05, 0) is 0 Å². The predicted octanol–water partition coefficient (Wildman–Crippen LogP) is 4.91. The molecule has 0 aliphatic heterocycles. The average Bonchev–Trinajstić information content (AvgIpc) is 2.15. The molecular formula is C13H28NY-. The van der Waals surface area contributed by atoms with Gasteiger partial charge in [0.05, 0.1) is 0 Å². The van der Waals surface area contributed by atoms with Crippen molar-refractivity contribution in [2.75, 3.05) is 6.54 Å². The van der Waals surface area contributed by atoms with E-state index in [0.717, 1.165) is 6.54 Å². The molecule has 0 unspecified atom stereocenters. The molecule has 0 amide bonds. The zero-order chi connectivity index (χ0) is 10.6. The Morgan fingerprint density at radius 1 is 0.800 bits per heavy atom. The van der Waals surface area contributed by atoms with Crippen LogP contribution < -0.4 is 0 Å². The summed E-state index contributed by atoms with van der Waals surface area (Å²) < 4.78 is 0. The van der Waals surface area contributed by atoms with Crippen LogP contribution in [-0.2, 0) is 32.7 Å². The summed E-state index contributed by atoms with van der Waals surface area (Å²) in [4.78, 5) is 0. The van der Waals surface area contributed by atoms with Crippen LogP contribution >= 0.6 is 0 Å². The van der Waals surface area contributed by atoms with Gasteiger partial charge in [-0.25, -0.2) is 0 Å². The average molecular weight is 287 g/mol. The minimum Gasteiger partial charge on any atom is -0.660 e. The molecule has 0 aliphatic carbocycles. The van der Waals surface area contributed by atoms with E-state index >= 15 is 0 Å². The zero-order valence-corrected chi connectivity index (χ0v) is 13.8. The monoisotopic (exact) mass is 287 g/mol. The zero-order valence-electron chi connectivity index (χ0n) is 11.0. The molecule has 0 aliphatic rings. The van der Waals surface area contributed by atoms with Crippen LogP contribution in [-0.4, -0.2) is 12.6 Å². The number of hydrogen-bond acceptors (Lipinski definition) is 0. The second-order valence-corrected chi connectivity index (χ2v) is 4.47. The van der Waals surface area contributed by atoms with Crippen LogP contribution in [0.2, 0.25) is 0 Å². The Kier molecular flexibility index (Phi) is 18.5. The number of rotatable bonds is 10. The first kappa shape index (κ1) is 18.4. The minimum absolute atomic E-state index is 0. The van der Waals surface area contributed by atoms with E-state index in [0.29, 0.717) is 6.04 Å².